The van der Waals surface area contributed by atoms with Crippen LogP contribution in [0.4, 0.5) is 0 Å². The summed E-state index contributed by atoms with van der Waals surface area (Å²) in [5.41, 5.74) is 0. The van der Waals surface area contributed by atoms with Crippen molar-refractivity contribution in [1.29, 1.82) is 5.26 Å². The number of nitrogens with one attached hydrogen (secondary N) is 2. The van der Waals surface area contributed by atoms with Crippen LogP contribution in [0.3, 0.4) is 0 Å². The first-order chi connectivity index (χ1) is 10.2. The first-order valence-corrected chi connectivity index (χ1v) is 7.26. The first-order valence-electron chi connectivity index (χ1n) is 7.26. The van der Waals surface area contributed by atoms with Gasteiger partial charge >= 0.3 is 5.97 Å². The molecule has 0 radical (unpaired) electrons. The van der Waals surface area contributed by atoms with E-state index in [1.54, 1.807) is 6.92 Å². The highest BCUT2D eigenvalue weighted by molar-refractivity contribution is 5.90. The van der Waals surface area contributed by atoms with Crippen LogP contribution in [0.25, 0.3) is 0 Å². The molecule has 0 aliphatic heterocycles. The van der Waals surface area contributed by atoms with Crippen LogP contribution < -0.4 is 10.6 Å². The van der Waals surface area contributed by atoms with Gasteiger partial charge in [-0.15, -0.1) is 0 Å². The quantitative estimate of drug-likeness (QED) is 0.643. The Hall–Kier alpha value is -2.10. The Balaban J connectivity index is 4.97. The summed E-state index contributed by atoms with van der Waals surface area (Å²) in [6.07, 6.45) is 0.608. The molecule has 0 aromatic heterocycles. The molecule has 0 fully saturated rings. The molecule has 0 aliphatic rings. The second-order valence-electron chi connectivity index (χ2n) is 5.73. The second kappa shape index (κ2) is 9.77. The van der Waals surface area contributed by atoms with Gasteiger partial charge in [-0.25, -0.2) is 4.79 Å². The molecule has 2 N–H and O–H groups in total. The number of esters is 1. The number of hydrogen-bond acceptors (Lipinski definition) is 5. The van der Waals surface area contributed by atoms with E-state index in [0.717, 1.165) is 0 Å². The van der Waals surface area contributed by atoms with Crippen LogP contribution in [0, 0.1) is 23.2 Å². The molecule has 22 heavy (non-hydrogen) atoms. The van der Waals surface area contributed by atoms with Gasteiger partial charge in [0.05, 0.1) is 13.2 Å². The Morgan fingerprint density at radius 1 is 1.09 bits per heavy atom. The van der Waals surface area contributed by atoms with Gasteiger partial charge in [0.15, 0.2) is 0 Å². The highest BCUT2D eigenvalue weighted by Crippen LogP contribution is 2.09. The molecule has 0 spiro atoms. The zero-order valence-electron chi connectivity index (χ0n) is 13.8. The summed E-state index contributed by atoms with van der Waals surface area (Å²) in [6.45, 7) is 6.84. The lowest BCUT2D eigenvalue weighted by molar-refractivity contribution is -0.145. The minimum atomic E-state index is -0.907. The molecule has 7 heteroatoms. The number of rotatable bonds is 8. The van der Waals surface area contributed by atoms with Crippen molar-refractivity contribution in [3.63, 3.8) is 0 Å². The number of nitriles is 1. The summed E-state index contributed by atoms with van der Waals surface area (Å²) in [5, 5.41) is 14.0. The van der Waals surface area contributed by atoms with E-state index in [0.29, 0.717) is 6.42 Å². The number of carbonyl (C=O) groups is 3. The third-order valence-corrected chi connectivity index (χ3v) is 3.01. The number of amides is 2. The topological polar surface area (TPSA) is 108 Å². The zero-order chi connectivity index (χ0) is 17.3. The van der Waals surface area contributed by atoms with Crippen molar-refractivity contribution in [3.8, 4) is 6.07 Å². The minimum Gasteiger partial charge on any atom is -0.467 e. The molecule has 7 nitrogen and oxygen atoms in total. The zero-order valence-corrected chi connectivity index (χ0v) is 13.8. The molecular formula is C15H25N3O4. The molecule has 2 amide bonds. The van der Waals surface area contributed by atoms with Crippen molar-refractivity contribution in [2.45, 2.75) is 52.6 Å². The first kappa shape index (κ1) is 19.9. The lowest BCUT2D eigenvalue weighted by Gasteiger charge is -2.23. The Bertz CT molecular complexity index is 443. The SMILES string of the molecule is COC(=O)[C@@H](C[C@@H](C)C#N)NC(=O)[C@H](CC(C)C)NC(C)=O. The van der Waals surface area contributed by atoms with Gasteiger partial charge in [0.2, 0.25) is 11.8 Å². The lowest BCUT2D eigenvalue weighted by Crippen LogP contribution is -2.52. The molecule has 124 valence electrons. The molecule has 0 aromatic rings. The predicted octanol–water partition coefficient (Wildman–Crippen LogP) is 0.745. The number of ether oxygens (including phenoxy) is 1. The molecular weight excluding hydrogens is 286 g/mol. The maximum atomic E-state index is 12.3. The van der Waals surface area contributed by atoms with Crippen LogP contribution in [-0.4, -0.2) is 37.0 Å². The maximum absolute atomic E-state index is 12.3. The van der Waals surface area contributed by atoms with Gasteiger partial charge in [-0.05, 0) is 25.7 Å². The van der Waals surface area contributed by atoms with Crippen LogP contribution in [-0.2, 0) is 19.1 Å². The van der Waals surface area contributed by atoms with Crippen molar-refractivity contribution < 1.29 is 19.1 Å². The normalized spacial score (nSPS) is 14.4. The van der Waals surface area contributed by atoms with E-state index in [4.69, 9.17) is 5.26 Å². The Labute approximate surface area is 131 Å². The largest absolute Gasteiger partial charge is 0.467 e. The highest BCUT2D eigenvalue weighted by atomic mass is 16.5. The fourth-order valence-electron chi connectivity index (χ4n) is 1.98. The second-order valence-corrected chi connectivity index (χ2v) is 5.73. The third-order valence-electron chi connectivity index (χ3n) is 3.01. The molecule has 0 rings (SSSR count). The van der Waals surface area contributed by atoms with Crippen molar-refractivity contribution in [2.75, 3.05) is 7.11 Å². The molecule has 0 saturated heterocycles. The number of methoxy groups -OCH3 is 1. The smallest absolute Gasteiger partial charge is 0.328 e. The van der Waals surface area contributed by atoms with Crippen LogP contribution in [0.1, 0.15) is 40.5 Å². The number of nitrogens with zero attached hydrogens (tertiary/aromatic N) is 1. The van der Waals surface area contributed by atoms with Crippen molar-refractivity contribution >= 4 is 17.8 Å². The number of carbonyl (C=O) groups excluding carboxylic acids is 3. The van der Waals surface area contributed by atoms with Gasteiger partial charge in [-0.2, -0.15) is 5.26 Å². The van der Waals surface area contributed by atoms with E-state index in [9.17, 15) is 14.4 Å². The standard InChI is InChI=1S/C15H25N3O4/c1-9(2)6-12(17-11(4)19)14(20)18-13(15(21)22-5)7-10(3)8-16/h9-10,12-13H,6-7H2,1-5H3,(H,17,19)(H,18,20)/t10-,12+,13-/m1/s1. The summed E-state index contributed by atoms with van der Waals surface area (Å²) in [5.74, 6) is -1.60. The van der Waals surface area contributed by atoms with Crippen molar-refractivity contribution in [3.05, 3.63) is 0 Å². The van der Waals surface area contributed by atoms with Gasteiger partial charge < -0.3 is 15.4 Å². The Kier molecular flexibility index (Phi) is 8.83. The molecule has 3 atom stereocenters. The summed E-state index contributed by atoms with van der Waals surface area (Å²) in [7, 11) is 1.22. The van der Waals surface area contributed by atoms with Crippen LogP contribution in [0.15, 0.2) is 0 Å². The van der Waals surface area contributed by atoms with E-state index in [1.165, 1.54) is 14.0 Å². The van der Waals surface area contributed by atoms with Gasteiger partial charge in [0, 0.05) is 12.8 Å². The highest BCUT2D eigenvalue weighted by Gasteiger charge is 2.28. The summed E-state index contributed by atoms with van der Waals surface area (Å²) in [4.78, 5) is 35.2. The van der Waals surface area contributed by atoms with E-state index in [2.05, 4.69) is 15.4 Å². The molecule has 0 bridgehead atoms. The van der Waals surface area contributed by atoms with Crippen LogP contribution >= 0.6 is 0 Å². The van der Waals surface area contributed by atoms with Crippen LogP contribution in [0.5, 0.6) is 0 Å². The molecule has 0 aliphatic carbocycles. The van der Waals surface area contributed by atoms with Gasteiger partial charge in [-0.3, -0.25) is 9.59 Å². The fraction of sp³-hybridized carbons (Fsp3) is 0.733. The van der Waals surface area contributed by atoms with E-state index in [-0.39, 0.29) is 18.2 Å². The van der Waals surface area contributed by atoms with Gasteiger partial charge in [0.1, 0.15) is 12.1 Å². The lowest BCUT2D eigenvalue weighted by atomic mass is 10.0. The maximum Gasteiger partial charge on any atom is 0.328 e. The van der Waals surface area contributed by atoms with Crippen LogP contribution in [0.2, 0.25) is 0 Å². The molecule has 0 saturated carbocycles. The third kappa shape index (κ3) is 7.62. The average Bonchev–Trinajstić information content (AvgIpc) is 2.43. The summed E-state index contributed by atoms with van der Waals surface area (Å²) < 4.78 is 4.65. The van der Waals surface area contributed by atoms with E-state index >= 15 is 0 Å². The van der Waals surface area contributed by atoms with E-state index in [1.807, 2.05) is 19.9 Å². The fourth-order valence-corrected chi connectivity index (χ4v) is 1.98. The average molecular weight is 311 g/mol. The molecule has 0 heterocycles. The Morgan fingerprint density at radius 3 is 2.09 bits per heavy atom. The summed E-state index contributed by atoms with van der Waals surface area (Å²) in [6, 6.07) is 0.385. The van der Waals surface area contributed by atoms with Crippen molar-refractivity contribution in [2.24, 2.45) is 11.8 Å². The van der Waals surface area contributed by atoms with Crippen molar-refractivity contribution in [1.82, 2.24) is 10.6 Å². The monoisotopic (exact) mass is 311 g/mol. The van der Waals surface area contributed by atoms with E-state index < -0.39 is 29.9 Å². The molecule has 0 unspecified atom stereocenters. The van der Waals surface area contributed by atoms with Gasteiger partial charge in [0.25, 0.3) is 0 Å². The summed E-state index contributed by atoms with van der Waals surface area (Å²) >= 11 is 0. The molecule has 0 aromatic carbocycles. The Morgan fingerprint density at radius 2 is 1.68 bits per heavy atom. The number of hydrogen-bond donors (Lipinski definition) is 2. The minimum absolute atomic E-state index is 0.156. The predicted molar refractivity (Wildman–Crippen MR) is 80.4 cm³/mol. The van der Waals surface area contributed by atoms with Gasteiger partial charge in [-0.1, -0.05) is 13.8 Å².